The first kappa shape index (κ1) is 9.80. The fraction of sp³-hybridized carbons (Fsp3) is 0.125. The van der Waals surface area contributed by atoms with E-state index >= 15 is 0 Å². The summed E-state index contributed by atoms with van der Waals surface area (Å²) in [6.45, 7) is 0.597. The fourth-order valence-electron chi connectivity index (χ4n) is 0.496. The Labute approximate surface area is 89.4 Å². The van der Waals surface area contributed by atoms with Crippen LogP contribution < -0.4 is 5.32 Å². The summed E-state index contributed by atoms with van der Waals surface area (Å²) in [6, 6.07) is 7.72. The predicted molar refractivity (Wildman–Crippen MR) is 57.2 cm³/mol. The minimum Gasteiger partial charge on any atom is -0.346 e. The van der Waals surface area contributed by atoms with Gasteiger partial charge in [0.05, 0.1) is 6.54 Å². The molecular formula is C8H7ClINO. The third-order valence-corrected chi connectivity index (χ3v) is 2.01. The van der Waals surface area contributed by atoms with Gasteiger partial charge in [-0.3, -0.25) is 4.79 Å². The molecule has 2 rings (SSSR count). The number of benzene rings is 1. The van der Waals surface area contributed by atoms with E-state index in [0.29, 0.717) is 6.54 Å². The molecule has 0 atom stereocenters. The SMILES string of the molecule is Clc1cccc(I)c1.O=C1CN1. The lowest BCUT2D eigenvalue weighted by molar-refractivity contribution is -0.110. The van der Waals surface area contributed by atoms with Crippen LogP contribution in [0, 0.1) is 3.57 Å². The van der Waals surface area contributed by atoms with Crippen LogP contribution in [0.5, 0.6) is 0 Å². The van der Waals surface area contributed by atoms with Crippen LogP contribution >= 0.6 is 34.2 Å². The number of amides is 1. The van der Waals surface area contributed by atoms with Crippen LogP contribution in [0.25, 0.3) is 0 Å². The zero-order valence-electron chi connectivity index (χ0n) is 6.18. The van der Waals surface area contributed by atoms with Gasteiger partial charge in [-0.05, 0) is 40.8 Å². The molecule has 0 radical (unpaired) electrons. The Morgan fingerprint density at radius 1 is 1.50 bits per heavy atom. The Balaban J connectivity index is 0.000000150. The van der Waals surface area contributed by atoms with Crippen molar-refractivity contribution in [2.75, 3.05) is 6.54 Å². The maximum atomic E-state index is 9.44. The largest absolute Gasteiger partial charge is 0.346 e. The Kier molecular flexibility index (Phi) is 3.81. The highest BCUT2D eigenvalue weighted by molar-refractivity contribution is 14.1. The molecule has 0 unspecified atom stereocenters. The zero-order valence-corrected chi connectivity index (χ0v) is 9.09. The van der Waals surface area contributed by atoms with E-state index in [4.69, 9.17) is 11.6 Å². The fourth-order valence-corrected chi connectivity index (χ4v) is 1.41. The van der Waals surface area contributed by atoms with Crippen LogP contribution in [0.2, 0.25) is 5.02 Å². The lowest BCUT2D eigenvalue weighted by Crippen LogP contribution is -1.66. The number of halogens is 2. The van der Waals surface area contributed by atoms with Crippen molar-refractivity contribution in [1.82, 2.24) is 5.32 Å². The molecule has 1 fully saturated rings. The minimum atomic E-state index is 0.167. The topological polar surface area (TPSA) is 39.0 Å². The molecule has 0 bridgehead atoms. The van der Waals surface area contributed by atoms with Crippen molar-refractivity contribution in [2.24, 2.45) is 0 Å². The summed E-state index contributed by atoms with van der Waals surface area (Å²) in [7, 11) is 0. The first-order valence-corrected chi connectivity index (χ1v) is 4.82. The maximum Gasteiger partial charge on any atom is 0.239 e. The van der Waals surface area contributed by atoms with Crippen molar-refractivity contribution in [3.63, 3.8) is 0 Å². The highest BCUT2D eigenvalue weighted by atomic mass is 127. The summed E-state index contributed by atoms with van der Waals surface area (Å²) < 4.78 is 1.18. The average molecular weight is 296 g/mol. The Bertz CT molecular complexity index is 267. The molecule has 0 spiro atoms. The van der Waals surface area contributed by atoms with Gasteiger partial charge < -0.3 is 5.32 Å². The van der Waals surface area contributed by atoms with Gasteiger partial charge in [-0.1, -0.05) is 17.7 Å². The van der Waals surface area contributed by atoms with Gasteiger partial charge in [-0.2, -0.15) is 0 Å². The number of carbonyl (C=O) groups excluding carboxylic acids is 1. The van der Waals surface area contributed by atoms with Crippen molar-refractivity contribution in [2.45, 2.75) is 0 Å². The maximum absolute atomic E-state index is 9.44. The summed E-state index contributed by atoms with van der Waals surface area (Å²) in [5, 5.41) is 3.26. The second-order valence-electron chi connectivity index (χ2n) is 2.22. The molecule has 1 aliphatic heterocycles. The standard InChI is InChI=1S/C6H4ClI.C2H3NO/c7-5-2-1-3-6(8)4-5;4-2-1-3-2/h1-4H;1H2,(H,3,4). The van der Waals surface area contributed by atoms with Gasteiger partial charge in [0, 0.05) is 8.59 Å². The van der Waals surface area contributed by atoms with Crippen LogP contribution in [-0.4, -0.2) is 12.5 Å². The van der Waals surface area contributed by atoms with Crippen molar-refractivity contribution in [3.8, 4) is 0 Å². The van der Waals surface area contributed by atoms with Gasteiger partial charge in [0.15, 0.2) is 0 Å². The molecule has 1 aliphatic rings. The highest BCUT2D eigenvalue weighted by Crippen LogP contribution is 2.11. The summed E-state index contributed by atoms with van der Waals surface area (Å²) in [4.78, 5) is 9.44. The van der Waals surface area contributed by atoms with Crippen molar-refractivity contribution >= 4 is 40.1 Å². The first-order chi connectivity index (χ1) is 5.68. The average Bonchev–Trinajstić information content (AvgIpc) is 2.72. The van der Waals surface area contributed by atoms with Gasteiger partial charge in [0.25, 0.3) is 0 Å². The number of hydrogen-bond acceptors (Lipinski definition) is 1. The molecule has 1 aromatic carbocycles. The summed E-state index contributed by atoms with van der Waals surface area (Å²) in [5.74, 6) is 0.167. The van der Waals surface area contributed by atoms with E-state index < -0.39 is 0 Å². The molecule has 1 aromatic rings. The molecule has 0 aromatic heterocycles. The highest BCUT2D eigenvalue weighted by Gasteiger charge is 2.10. The molecule has 0 aliphatic carbocycles. The van der Waals surface area contributed by atoms with E-state index in [0.717, 1.165) is 5.02 Å². The molecular weight excluding hydrogens is 288 g/mol. The van der Waals surface area contributed by atoms with Crippen LogP contribution in [-0.2, 0) is 4.79 Å². The lowest BCUT2D eigenvalue weighted by atomic mass is 10.4. The van der Waals surface area contributed by atoms with Crippen LogP contribution in [0.1, 0.15) is 0 Å². The zero-order chi connectivity index (χ0) is 8.97. The van der Waals surface area contributed by atoms with Gasteiger partial charge in [-0.25, -0.2) is 0 Å². The molecule has 64 valence electrons. The number of carbonyl (C=O) groups is 1. The number of hydrogen-bond donors (Lipinski definition) is 1. The predicted octanol–water partition coefficient (Wildman–Crippen LogP) is 2.06. The molecule has 1 amide bonds. The van der Waals surface area contributed by atoms with Gasteiger partial charge in [0.2, 0.25) is 5.91 Å². The monoisotopic (exact) mass is 295 g/mol. The second kappa shape index (κ2) is 4.67. The summed E-state index contributed by atoms with van der Waals surface area (Å²) in [6.07, 6.45) is 0. The van der Waals surface area contributed by atoms with E-state index in [1.54, 1.807) is 0 Å². The first-order valence-electron chi connectivity index (χ1n) is 3.36. The smallest absolute Gasteiger partial charge is 0.239 e. The van der Waals surface area contributed by atoms with Gasteiger partial charge in [-0.15, -0.1) is 0 Å². The second-order valence-corrected chi connectivity index (χ2v) is 3.90. The summed E-state index contributed by atoms with van der Waals surface area (Å²) in [5.41, 5.74) is 0. The molecule has 1 saturated heterocycles. The van der Waals surface area contributed by atoms with Crippen LogP contribution in [0.15, 0.2) is 24.3 Å². The normalized spacial score (nSPS) is 12.7. The Morgan fingerprint density at radius 2 is 2.08 bits per heavy atom. The molecule has 0 saturated carbocycles. The van der Waals surface area contributed by atoms with E-state index in [1.807, 2.05) is 24.3 Å². The van der Waals surface area contributed by atoms with Crippen molar-refractivity contribution < 1.29 is 4.79 Å². The Hall–Kier alpha value is -0.290. The third kappa shape index (κ3) is 4.56. The van der Waals surface area contributed by atoms with Crippen LogP contribution in [0.4, 0.5) is 0 Å². The molecule has 4 heteroatoms. The molecule has 2 nitrogen and oxygen atoms in total. The van der Waals surface area contributed by atoms with E-state index in [1.165, 1.54) is 3.57 Å². The Morgan fingerprint density at radius 3 is 2.33 bits per heavy atom. The van der Waals surface area contributed by atoms with E-state index in [9.17, 15) is 4.79 Å². The molecule has 12 heavy (non-hydrogen) atoms. The van der Waals surface area contributed by atoms with E-state index in [2.05, 4.69) is 27.9 Å². The lowest BCUT2D eigenvalue weighted by Gasteiger charge is -1.87. The summed E-state index contributed by atoms with van der Waals surface area (Å²) >= 11 is 7.86. The number of nitrogens with one attached hydrogen (secondary N) is 1. The van der Waals surface area contributed by atoms with Crippen molar-refractivity contribution in [3.05, 3.63) is 32.9 Å². The van der Waals surface area contributed by atoms with Crippen molar-refractivity contribution in [1.29, 1.82) is 0 Å². The number of rotatable bonds is 0. The van der Waals surface area contributed by atoms with Crippen LogP contribution in [0.3, 0.4) is 0 Å². The quantitative estimate of drug-likeness (QED) is 0.577. The van der Waals surface area contributed by atoms with E-state index in [-0.39, 0.29) is 5.91 Å². The third-order valence-electron chi connectivity index (χ3n) is 1.11. The molecule has 1 N–H and O–H groups in total. The van der Waals surface area contributed by atoms with Gasteiger partial charge in [0.1, 0.15) is 0 Å². The molecule has 1 heterocycles. The van der Waals surface area contributed by atoms with Gasteiger partial charge >= 0.3 is 0 Å². The minimum absolute atomic E-state index is 0.167.